The fraction of sp³-hybridized carbons (Fsp3) is 0.600. The summed E-state index contributed by atoms with van der Waals surface area (Å²) < 4.78 is 5.15. The van der Waals surface area contributed by atoms with Gasteiger partial charge in [0, 0.05) is 19.6 Å². The molecule has 5 nitrogen and oxygen atoms in total. The van der Waals surface area contributed by atoms with Crippen LogP contribution < -0.4 is 10.1 Å². The van der Waals surface area contributed by atoms with Crippen LogP contribution in [-0.2, 0) is 16.0 Å². The first kappa shape index (κ1) is 17.8. The average Bonchev–Trinajstić information content (AvgIpc) is 3.46. The molecule has 1 N–H and O–H groups in total. The molecule has 2 amide bonds. The van der Waals surface area contributed by atoms with Gasteiger partial charge in [0.25, 0.3) is 0 Å². The number of ether oxygens (including phenoxy) is 1. The molecular weight excluding hydrogens is 316 g/mol. The Balaban J connectivity index is 1.50. The molecule has 1 heterocycles. The van der Waals surface area contributed by atoms with E-state index in [0.717, 1.165) is 43.7 Å². The molecule has 2 aliphatic rings. The van der Waals surface area contributed by atoms with E-state index >= 15 is 0 Å². The van der Waals surface area contributed by atoms with Gasteiger partial charge >= 0.3 is 0 Å². The molecule has 1 aliphatic heterocycles. The summed E-state index contributed by atoms with van der Waals surface area (Å²) in [5.41, 5.74) is 0.370. The van der Waals surface area contributed by atoms with Crippen LogP contribution in [0.1, 0.15) is 44.1 Å². The molecule has 1 aliphatic carbocycles. The van der Waals surface area contributed by atoms with Crippen LogP contribution in [0.5, 0.6) is 5.75 Å². The minimum Gasteiger partial charge on any atom is -0.497 e. The number of methoxy groups -OCH3 is 1. The molecule has 1 saturated heterocycles. The Morgan fingerprint density at radius 1 is 1.08 bits per heavy atom. The molecule has 0 spiro atoms. The van der Waals surface area contributed by atoms with Gasteiger partial charge in [-0.1, -0.05) is 25.0 Å². The van der Waals surface area contributed by atoms with Crippen LogP contribution in [0, 0.1) is 5.41 Å². The van der Waals surface area contributed by atoms with Crippen molar-refractivity contribution < 1.29 is 14.3 Å². The third-order valence-corrected chi connectivity index (χ3v) is 5.35. The Kier molecular flexibility index (Phi) is 5.61. The average molecular weight is 344 g/mol. The number of amides is 2. The summed E-state index contributed by atoms with van der Waals surface area (Å²) in [6.07, 6.45) is 6.62. The van der Waals surface area contributed by atoms with Gasteiger partial charge < -0.3 is 15.0 Å². The van der Waals surface area contributed by atoms with E-state index in [1.807, 2.05) is 29.2 Å². The first-order valence-corrected chi connectivity index (χ1v) is 9.36. The quantitative estimate of drug-likeness (QED) is 0.807. The van der Waals surface area contributed by atoms with E-state index < -0.39 is 5.41 Å². The zero-order valence-corrected chi connectivity index (χ0v) is 15.1. The van der Waals surface area contributed by atoms with Gasteiger partial charge in [0.1, 0.15) is 11.2 Å². The lowest BCUT2D eigenvalue weighted by atomic mass is 10.0. The van der Waals surface area contributed by atoms with Crippen molar-refractivity contribution in [2.24, 2.45) is 5.41 Å². The van der Waals surface area contributed by atoms with Crippen LogP contribution in [0.25, 0.3) is 0 Å². The fourth-order valence-electron chi connectivity index (χ4n) is 3.52. The van der Waals surface area contributed by atoms with Crippen molar-refractivity contribution in [3.05, 3.63) is 29.8 Å². The second-order valence-electron chi connectivity index (χ2n) is 7.14. The van der Waals surface area contributed by atoms with Crippen LogP contribution in [0.15, 0.2) is 24.3 Å². The van der Waals surface area contributed by atoms with Gasteiger partial charge in [0.15, 0.2) is 0 Å². The van der Waals surface area contributed by atoms with Crippen LogP contribution in [-0.4, -0.2) is 43.5 Å². The van der Waals surface area contributed by atoms with Gasteiger partial charge in [0.2, 0.25) is 11.8 Å². The molecule has 2 fully saturated rings. The summed E-state index contributed by atoms with van der Waals surface area (Å²) in [4.78, 5) is 27.4. The Morgan fingerprint density at radius 3 is 2.28 bits per heavy atom. The topological polar surface area (TPSA) is 58.6 Å². The minimum atomic E-state index is -0.774. The van der Waals surface area contributed by atoms with E-state index in [1.165, 1.54) is 12.8 Å². The molecule has 0 radical (unpaired) electrons. The molecule has 0 unspecified atom stereocenters. The van der Waals surface area contributed by atoms with Crippen molar-refractivity contribution in [2.75, 3.05) is 26.7 Å². The molecule has 25 heavy (non-hydrogen) atoms. The van der Waals surface area contributed by atoms with Gasteiger partial charge in [-0.2, -0.15) is 0 Å². The molecule has 0 aromatic heterocycles. The highest BCUT2D eigenvalue weighted by Gasteiger charge is 2.57. The van der Waals surface area contributed by atoms with E-state index in [-0.39, 0.29) is 11.8 Å². The first-order chi connectivity index (χ1) is 12.2. The first-order valence-electron chi connectivity index (χ1n) is 9.36. The number of hydrogen-bond acceptors (Lipinski definition) is 3. The number of likely N-dealkylation sites (tertiary alicyclic amines) is 1. The predicted octanol–water partition coefficient (Wildman–Crippen LogP) is 2.54. The molecule has 0 atom stereocenters. The third kappa shape index (κ3) is 4.14. The minimum absolute atomic E-state index is 0.0522. The second kappa shape index (κ2) is 7.89. The van der Waals surface area contributed by atoms with E-state index in [4.69, 9.17) is 4.74 Å². The highest BCUT2D eigenvalue weighted by molar-refractivity contribution is 6.07. The smallest absolute Gasteiger partial charge is 0.238 e. The predicted molar refractivity (Wildman–Crippen MR) is 96.4 cm³/mol. The van der Waals surface area contributed by atoms with Crippen LogP contribution in [0.3, 0.4) is 0 Å². The zero-order chi connectivity index (χ0) is 17.7. The monoisotopic (exact) mass is 344 g/mol. The van der Waals surface area contributed by atoms with E-state index in [2.05, 4.69) is 5.32 Å². The lowest BCUT2D eigenvalue weighted by Gasteiger charge is -2.25. The van der Waals surface area contributed by atoms with Crippen molar-refractivity contribution in [3.63, 3.8) is 0 Å². The van der Waals surface area contributed by atoms with Gasteiger partial charge in [-0.05, 0) is 49.8 Å². The molecular formula is C20H28N2O3. The fourth-order valence-corrected chi connectivity index (χ4v) is 3.52. The number of benzene rings is 1. The number of rotatable bonds is 6. The number of hydrogen-bond donors (Lipinski definition) is 1. The van der Waals surface area contributed by atoms with Gasteiger partial charge in [-0.3, -0.25) is 9.59 Å². The molecule has 5 heteroatoms. The molecule has 1 aromatic carbocycles. The lowest BCUT2D eigenvalue weighted by Crippen LogP contribution is -2.46. The summed E-state index contributed by atoms with van der Waals surface area (Å²) in [7, 11) is 1.64. The highest BCUT2D eigenvalue weighted by atomic mass is 16.5. The van der Waals surface area contributed by atoms with E-state index in [9.17, 15) is 9.59 Å². The Bertz CT molecular complexity index is 600. The number of carbonyl (C=O) groups excluding carboxylic acids is 2. The summed E-state index contributed by atoms with van der Waals surface area (Å²) >= 11 is 0. The van der Waals surface area contributed by atoms with Crippen LogP contribution in [0.2, 0.25) is 0 Å². The molecule has 1 saturated carbocycles. The maximum Gasteiger partial charge on any atom is 0.238 e. The Hall–Kier alpha value is -2.04. The van der Waals surface area contributed by atoms with Crippen molar-refractivity contribution >= 4 is 11.8 Å². The van der Waals surface area contributed by atoms with Crippen LogP contribution >= 0.6 is 0 Å². The largest absolute Gasteiger partial charge is 0.497 e. The number of carbonyl (C=O) groups is 2. The van der Waals surface area contributed by atoms with Crippen molar-refractivity contribution in [1.29, 1.82) is 0 Å². The van der Waals surface area contributed by atoms with Gasteiger partial charge in [-0.15, -0.1) is 0 Å². The van der Waals surface area contributed by atoms with Crippen LogP contribution in [0.4, 0.5) is 0 Å². The molecule has 0 bridgehead atoms. The highest BCUT2D eigenvalue weighted by Crippen LogP contribution is 2.47. The Morgan fingerprint density at radius 2 is 1.72 bits per heavy atom. The van der Waals surface area contributed by atoms with Crippen molar-refractivity contribution in [2.45, 2.75) is 44.9 Å². The van der Waals surface area contributed by atoms with Crippen molar-refractivity contribution in [1.82, 2.24) is 10.2 Å². The standard InChI is InChI=1S/C20H28N2O3/c1-25-17-8-6-16(7-9-17)10-13-21-18(23)20(11-12-20)19(24)22-14-4-2-3-5-15-22/h6-9H,2-5,10-15H2,1H3,(H,21,23). The molecule has 3 rings (SSSR count). The maximum absolute atomic E-state index is 12.8. The Labute approximate surface area is 149 Å². The summed E-state index contributed by atoms with van der Waals surface area (Å²) in [5.74, 6) is 0.791. The number of nitrogens with zero attached hydrogens (tertiary/aromatic N) is 1. The second-order valence-corrected chi connectivity index (χ2v) is 7.14. The summed E-state index contributed by atoms with van der Waals surface area (Å²) in [6, 6.07) is 7.84. The molecule has 136 valence electrons. The van der Waals surface area contributed by atoms with Gasteiger partial charge in [0.05, 0.1) is 7.11 Å². The third-order valence-electron chi connectivity index (χ3n) is 5.35. The summed E-state index contributed by atoms with van der Waals surface area (Å²) in [5, 5.41) is 2.98. The molecule has 1 aromatic rings. The normalized spacial score (nSPS) is 19.0. The maximum atomic E-state index is 12.8. The SMILES string of the molecule is COc1ccc(CCNC(=O)C2(C(=O)N3CCCCCC3)CC2)cc1. The summed E-state index contributed by atoms with van der Waals surface area (Å²) in [6.45, 7) is 2.17. The van der Waals surface area contributed by atoms with Crippen molar-refractivity contribution in [3.8, 4) is 5.75 Å². The van der Waals surface area contributed by atoms with Gasteiger partial charge in [-0.25, -0.2) is 0 Å². The lowest BCUT2D eigenvalue weighted by molar-refractivity contribution is -0.144. The van der Waals surface area contributed by atoms with E-state index in [0.29, 0.717) is 19.4 Å². The zero-order valence-electron chi connectivity index (χ0n) is 15.1. The number of nitrogens with one attached hydrogen (secondary N) is 1. The van der Waals surface area contributed by atoms with E-state index in [1.54, 1.807) is 7.11 Å².